The summed E-state index contributed by atoms with van der Waals surface area (Å²) in [6.45, 7) is 2.56. The van der Waals surface area contributed by atoms with Crippen LogP contribution in [0.4, 0.5) is 0 Å². The van der Waals surface area contributed by atoms with Crippen molar-refractivity contribution in [1.29, 1.82) is 0 Å². The van der Waals surface area contributed by atoms with E-state index in [2.05, 4.69) is 6.92 Å². The van der Waals surface area contributed by atoms with Gasteiger partial charge in [0.05, 0.1) is 6.26 Å². The fourth-order valence-corrected chi connectivity index (χ4v) is 1.14. The quantitative estimate of drug-likeness (QED) is 0.683. The Morgan fingerprint density at radius 2 is 2.43 bits per heavy atom. The van der Waals surface area contributed by atoms with Crippen molar-refractivity contribution in [3.63, 3.8) is 0 Å². The van der Waals surface area contributed by atoms with Crippen molar-refractivity contribution < 1.29 is 14.0 Å². The zero-order valence-electron chi connectivity index (χ0n) is 8.44. The number of furan rings is 1. The van der Waals surface area contributed by atoms with Crippen molar-refractivity contribution in [3.05, 3.63) is 18.4 Å². The molecule has 0 aliphatic rings. The van der Waals surface area contributed by atoms with Crippen LogP contribution in [-0.2, 0) is 4.84 Å². The van der Waals surface area contributed by atoms with Gasteiger partial charge in [-0.25, -0.2) is 5.90 Å². The number of hydrogen-bond acceptors (Lipinski definition) is 4. The molecule has 80 valence electrons. The van der Waals surface area contributed by atoms with Crippen molar-refractivity contribution in [2.24, 2.45) is 5.90 Å². The second-order valence-corrected chi connectivity index (χ2v) is 3.14. The van der Waals surface area contributed by atoms with E-state index in [4.69, 9.17) is 19.9 Å². The Balaban J connectivity index is 2.20. The van der Waals surface area contributed by atoms with Crippen molar-refractivity contribution in [2.45, 2.75) is 32.3 Å². The minimum atomic E-state index is -0.0555. The number of unbranched alkanes of at least 4 members (excludes halogenated alkanes) is 1. The van der Waals surface area contributed by atoms with Crippen LogP contribution in [-0.4, -0.2) is 12.7 Å². The molecule has 1 unspecified atom stereocenters. The van der Waals surface area contributed by atoms with Gasteiger partial charge >= 0.3 is 0 Å². The van der Waals surface area contributed by atoms with E-state index >= 15 is 0 Å². The number of ether oxygens (including phenoxy) is 1. The highest BCUT2D eigenvalue weighted by atomic mass is 16.6. The lowest BCUT2D eigenvalue weighted by molar-refractivity contribution is 0.00744. The third-order valence-corrected chi connectivity index (χ3v) is 1.98. The van der Waals surface area contributed by atoms with Crippen LogP contribution in [0.15, 0.2) is 22.8 Å². The van der Waals surface area contributed by atoms with Gasteiger partial charge in [0.1, 0.15) is 12.7 Å². The summed E-state index contributed by atoms with van der Waals surface area (Å²) in [6.07, 6.45) is 4.64. The highest BCUT2D eigenvalue weighted by molar-refractivity contribution is 5.03. The van der Waals surface area contributed by atoms with Crippen molar-refractivity contribution in [2.75, 3.05) is 6.61 Å². The molecule has 0 aliphatic heterocycles. The van der Waals surface area contributed by atoms with Crippen LogP contribution >= 0.6 is 0 Å². The van der Waals surface area contributed by atoms with Crippen LogP contribution in [0.3, 0.4) is 0 Å². The van der Waals surface area contributed by atoms with Crippen molar-refractivity contribution in [3.8, 4) is 5.95 Å². The van der Waals surface area contributed by atoms with Crippen LogP contribution in [0.5, 0.6) is 5.95 Å². The van der Waals surface area contributed by atoms with Crippen LogP contribution in [0, 0.1) is 0 Å². The lowest BCUT2D eigenvalue weighted by atomic mass is 10.2. The minimum Gasteiger partial charge on any atom is -0.462 e. The summed E-state index contributed by atoms with van der Waals surface area (Å²) >= 11 is 0. The van der Waals surface area contributed by atoms with Gasteiger partial charge in [-0.3, -0.25) is 4.84 Å². The number of hydrogen-bond donors (Lipinski definition) is 1. The van der Waals surface area contributed by atoms with Crippen LogP contribution < -0.4 is 10.6 Å². The van der Waals surface area contributed by atoms with E-state index < -0.39 is 0 Å². The average molecular weight is 199 g/mol. The van der Waals surface area contributed by atoms with E-state index in [0.29, 0.717) is 12.6 Å². The molecule has 1 heterocycles. The molecule has 0 bridgehead atoms. The van der Waals surface area contributed by atoms with Gasteiger partial charge in [0.25, 0.3) is 5.95 Å². The first-order valence-electron chi connectivity index (χ1n) is 4.88. The molecule has 0 saturated carbocycles. The topological polar surface area (TPSA) is 57.6 Å². The fraction of sp³-hybridized carbons (Fsp3) is 0.600. The summed E-state index contributed by atoms with van der Waals surface area (Å²) in [4.78, 5) is 4.78. The molecule has 0 spiro atoms. The first-order chi connectivity index (χ1) is 6.86. The third-order valence-electron chi connectivity index (χ3n) is 1.98. The Morgan fingerprint density at radius 3 is 3.00 bits per heavy atom. The highest BCUT2D eigenvalue weighted by Gasteiger charge is 2.09. The standard InChI is InChI=1S/C10H17NO3/c1-2-3-5-9(14-11)8-13-10-6-4-7-12-10/h4,6-7,9H,2-3,5,8,11H2,1H3. The first-order valence-corrected chi connectivity index (χ1v) is 4.88. The maximum absolute atomic E-state index is 5.32. The Morgan fingerprint density at radius 1 is 1.57 bits per heavy atom. The summed E-state index contributed by atoms with van der Waals surface area (Å²) in [7, 11) is 0. The van der Waals surface area contributed by atoms with Crippen LogP contribution in [0.1, 0.15) is 26.2 Å². The summed E-state index contributed by atoms with van der Waals surface area (Å²) < 4.78 is 10.3. The maximum Gasteiger partial charge on any atom is 0.284 e. The molecule has 4 nitrogen and oxygen atoms in total. The number of nitrogens with two attached hydrogens (primary N) is 1. The molecule has 0 saturated heterocycles. The largest absolute Gasteiger partial charge is 0.462 e. The summed E-state index contributed by atoms with van der Waals surface area (Å²) in [5, 5.41) is 0. The first kappa shape index (κ1) is 11.1. The zero-order chi connectivity index (χ0) is 10.2. The summed E-state index contributed by atoms with van der Waals surface area (Å²) in [5.74, 6) is 5.65. The van der Waals surface area contributed by atoms with Gasteiger partial charge in [-0.15, -0.1) is 0 Å². The highest BCUT2D eigenvalue weighted by Crippen LogP contribution is 2.11. The van der Waals surface area contributed by atoms with Gasteiger partial charge in [-0.05, 0) is 12.5 Å². The van der Waals surface area contributed by atoms with Gasteiger partial charge in [-0.2, -0.15) is 0 Å². The van der Waals surface area contributed by atoms with Crippen LogP contribution in [0.25, 0.3) is 0 Å². The molecule has 0 radical (unpaired) electrons. The molecule has 1 rings (SSSR count). The monoisotopic (exact) mass is 199 g/mol. The summed E-state index contributed by atoms with van der Waals surface area (Å²) in [5.41, 5.74) is 0. The third kappa shape index (κ3) is 3.81. The lowest BCUT2D eigenvalue weighted by Gasteiger charge is -2.13. The van der Waals surface area contributed by atoms with Gasteiger partial charge in [0, 0.05) is 6.07 Å². The molecule has 2 N–H and O–H groups in total. The molecule has 0 aliphatic carbocycles. The van der Waals surface area contributed by atoms with E-state index in [1.807, 2.05) is 0 Å². The van der Waals surface area contributed by atoms with E-state index in [9.17, 15) is 0 Å². The van der Waals surface area contributed by atoms with Gasteiger partial charge in [-0.1, -0.05) is 19.8 Å². The SMILES string of the molecule is CCCCC(COc1ccco1)ON. The Hall–Kier alpha value is -1.00. The lowest BCUT2D eigenvalue weighted by Crippen LogP contribution is -2.24. The molecule has 14 heavy (non-hydrogen) atoms. The van der Waals surface area contributed by atoms with Gasteiger partial charge in [0.15, 0.2) is 0 Å². The predicted molar refractivity (Wildman–Crippen MR) is 52.8 cm³/mol. The van der Waals surface area contributed by atoms with E-state index in [1.54, 1.807) is 18.4 Å². The van der Waals surface area contributed by atoms with E-state index in [1.165, 1.54) is 0 Å². The molecule has 0 aromatic carbocycles. The van der Waals surface area contributed by atoms with Crippen LogP contribution in [0.2, 0.25) is 0 Å². The second kappa shape index (κ2) is 6.45. The van der Waals surface area contributed by atoms with Gasteiger partial charge < -0.3 is 9.15 Å². The summed E-state index contributed by atoms with van der Waals surface area (Å²) in [6, 6.07) is 3.53. The Labute approximate surface area is 83.9 Å². The Bertz CT molecular complexity index is 223. The zero-order valence-corrected chi connectivity index (χ0v) is 8.44. The molecular formula is C10H17NO3. The van der Waals surface area contributed by atoms with E-state index in [-0.39, 0.29) is 6.10 Å². The molecule has 1 aromatic rings. The maximum atomic E-state index is 5.32. The molecule has 1 atom stereocenters. The fourth-order valence-electron chi connectivity index (χ4n) is 1.14. The Kier molecular flexibility index (Phi) is 5.11. The molecule has 1 aromatic heterocycles. The van der Waals surface area contributed by atoms with E-state index in [0.717, 1.165) is 19.3 Å². The normalized spacial score (nSPS) is 12.7. The number of rotatable bonds is 7. The molecule has 4 heteroatoms. The molecule has 0 amide bonds. The minimum absolute atomic E-state index is 0.0555. The molecule has 0 fully saturated rings. The second-order valence-electron chi connectivity index (χ2n) is 3.14. The smallest absolute Gasteiger partial charge is 0.284 e. The van der Waals surface area contributed by atoms with Crippen molar-refractivity contribution >= 4 is 0 Å². The van der Waals surface area contributed by atoms with Gasteiger partial charge in [0.2, 0.25) is 0 Å². The van der Waals surface area contributed by atoms with Crippen molar-refractivity contribution in [1.82, 2.24) is 0 Å². The average Bonchev–Trinajstić information content (AvgIpc) is 2.71. The predicted octanol–water partition coefficient (Wildman–Crippen LogP) is 2.11. The molecular weight excluding hydrogens is 182 g/mol.